The lowest BCUT2D eigenvalue weighted by atomic mass is 9.99. The molecule has 2 heterocycles. The van der Waals surface area contributed by atoms with Gasteiger partial charge in [0.1, 0.15) is 12.8 Å². The highest BCUT2D eigenvalue weighted by Crippen LogP contribution is 2.50. The summed E-state index contributed by atoms with van der Waals surface area (Å²) in [7, 11) is -4.43. The predicted molar refractivity (Wildman–Crippen MR) is 101 cm³/mol. The van der Waals surface area contributed by atoms with Crippen LogP contribution >= 0.6 is 20.5 Å². The second kappa shape index (κ2) is 8.81. The molecule has 0 radical (unpaired) electrons. The van der Waals surface area contributed by atoms with Crippen LogP contribution in [0.3, 0.4) is 0 Å². The van der Waals surface area contributed by atoms with E-state index in [0.717, 1.165) is 23.5 Å². The Labute approximate surface area is 166 Å². The molecular weight excluding hydrogens is 414 g/mol. The molecule has 1 saturated heterocycles. The molecule has 1 aliphatic carbocycles. The molecule has 158 valence electrons. The molecule has 28 heavy (non-hydrogen) atoms. The van der Waals surface area contributed by atoms with E-state index in [-0.39, 0.29) is 12.5 Å². The fourth-order valence-electron chi connectivity index (χ4n) is 3.66. The van der Waals surface area contributed by atoms with Gasteiger partial charge in [0.15, 0.2) is 0 Å². The van der Waals surface area contributed by atoms with E-state index in [1.54, 1.807) is 0 Å². The zero-order valence-corrected chi connectivity index (χ0v) is 16.9. The van der Waals surface area contributed by atoms with E-state index in [0.29, 0.717) is 25.0 Å². The second-order valence-electron chi connectivity index (χ2n) is 7.14. The Morgan fingerprint density at radius 1 is 1.43 bits per heavy atom. The molecule has 4 atom stereocenters. The largest absolute Gasteiger partial charge is 0.472 e. The lowest BCUT2D eigenvalue weighted by Crippen LogP contribution is -2.35. The molecule has 3 unspecified atom stereocenters. The fraction of sp³-hybridized carbons (Fsp3) is 0.750. The Hall–Kier alpha value is -0.970. The van der Waals surface area contributed by atoms with Crippen LogP contribution in [0, 0.1) is 5.92 Å². The predicted octanol–water partition coefficient (Wildman–Crippen LogP) is 2.13. The molecule has 0 bridgehead atoms. The van der Waals surface area contributed by atoms with Gasteiger partial charge in [0, 0.05) is 24.6 Å². The van der Waals surface area contributed by atoms with Crippen molar-refractivity contribution in [2.45, 2.75) is 56.7 Å². The van der Waals surface area contributed by atoms with Gasteiger partial charge >= 0.3 is 13.5 Å². The minimum absolute atomic E-state index is 0.160. The van der Waals surface area contributed by atoms with E-state index in [4.69, 9.17) is 13.8 Å². The summed E-state index contributed by atoms with van der Waals surface area (Å²) in [5.41, 5.74) is -1.31. The van der Waals surface area contributed by atoms with Crippen molar-refractivity contribution in [2.75, 3.05) is 12.4 Å². The maximum absolute atomic E-state index is 15.2. The van der Waals surface area contributed by atoms with Crippen LogP contribution in [0.5, 0.6) is 0 Å². The zero-order valence-electron chi connectivity index (χ0n) is 15.2. The summed E-state index contributed by atoms with van der Waals surface area (Å²) < 4.78 is 43.8. The highest BCUT2D eigenvalue weighted by Gasteiger charge is 2.49. The van der Waals surface area contributed by atoms with Gasteiger partial charge in [0.05, 0.1) is 6.10 Å². The zero-order chi connectivity index (χ0) is 20.4. The molecule has 12 heteroatoms. The van der Waals surface area contributed by atoms with Gasteiger partial charge in [0.25, 0.3) is 5.56 Å². The van der Waals surface area contributed by atoms with Crippen LogP contribution in [0.4, 0.5) is 4.39 Å². The summed E-state index contributed by atoms with van der Waals surface area (Å²) in [6.07, 6.45) is 3.25. The average Bonchev–Trinajstić information content (AvgIpc) is 3.22. The molecule has 2 fully saturated rings. The SMILES string of the molecule is O=c1ccn(C2O[C@](F)(COP(=O)(O)OC3CCCC3)CC2CCS)c(=O)[nH]1. The number of phosphoric acid groups is 1. The lowest BCUT2D eigenvalue weighted by Gasteiger charge is -2.23. The summed E-state index contributed by atoms with van der Waals surface area (Å²) in [4.78, 5) is 35.3. The molecule has 0 amide bonds. The van der Waals surface area contributed by atoms with Gasteiger partial charge in [-0.15, -0.1) is 0 Å². The number of ether oxygens (including phenoxy) is 1. The number of halogens is 1. The standard InChI is InChI=1S/C16H24FN2O7PS/c17-16(10-24-27(22,23)26-12-3-1-2-4-12)9-11(6-8-28)14(25-16)19-7-5-13(20)18-15(19)21/h5,7,11-12,14,28H,1-4,6,8-10H2,(H,22,23)(H,18,20,21)/t11?,14?,16-/m0/s1. The van der Waals surface area contributed by atoms with Crippen LogP contribution in [0.25, 0.3) is 0 Å². The van der Waals surface area contributed by atoms with Crippen LogP contribution < -0.4 is 11.2 Å². The number of hydrogen-bond donors (Lipinski definition) is 3. The number of aromatic amines is 1. The van der Waals surface area contributed by atoms with Crippen molar-refractivity contribution in [3.8, 4) is 0 Å². The summed E-state index contributed by atoms with van der Waals surface area (Å²) >= 11 is 4.15. The summed E-state index contributed by atoms with van der Waals surface area (Å²) in [5, 5.41) is 0. The van der Waals surface area contributed by atoms with Crippen molar-refractivity contribution in [1.29, 1.82) is 0 Å². The highest BCUT2D eigenvalue weighted by atomic mass is 32.1. The van der Waals surface area contributed by atoms with Crippen molar-refractivity contribution in [1.82, 2.24) is 9.55 Å². The first-order valence-corrected chi connectivity index (χ1v) is 11.3. The van der Waals surface area contributed by atoms with Crippen LogP contribution in [-0.4, -0.2) is 38.8 Å². The Balaban J connectivity index is 1.70. The highest BCUT2D eigenvalue weighted by molar-refractivity contribution is 7.80. The molecule has 2 aliphatic rings. The number of phosphoric ester groups is 1. The third-order valence-electron chi connectivity index (χ3n) is 4.96. The minimum Gasteiger partial charge on any atom is -0.319 e. The maximum atomic E-state index is 15.2. The van der Waals surface area contributed by atoms with E-state index in [2.05, 4.69) is 17.6 Å². The number of aromatic nitrogens is 2. The maximum Gasteiger partial charge on any atom is 0.472 e. The van der Waals surface area contributed by atoms with Crippen molar-refractivity contribution >= 4 is 20.5 Å². The van der Waals surface area contributed by atoms with Crippen LogP contribution in [0.1, 0.15) is 44.8 Å². The third-order valence-corrected chi connectivity index (χ3v) is 6.23. The van der Waals surface area contributed by atoms with Gasteiger partial charge in [0.2, 0.25) is 5.85 Å². The topological polar surface area (TPSA) is 120 Å². The molecule has 9 nitrogen and oxygen atoms in total. The fourth-order valence-corrected chi connectivity index (χ4v) is 4.99. The Morgan fingerprint density at radius 3 is 2.79 bits per heavy atom. The molecule has 0 aromatic carbocycles. The summed E-state index contributed by atoms with van der Waals surface area (Å²) in [6, 6.07) is 1.13. The van der Waals surface area contributed by atoms with E-state index in [1.165, 1.54) is 6.20 Å². The number of hydrogen-bond acceptors (Lipinski definition) is 7. The number of rotatable bonds is 8. The molecule has 1 aromatic heterocycles. The molecule has 3 rings (SSSR count). The number of nitrogens with zero attached hydrogens (tertiary/aromatic N) is 1. The Kier molecular flexibility index (Phi) is 6.84. The number of nitrogens with one attached hydrogen (secondary N) is 1. The Morgan fingerprint density at radius 2 is 2.14 bits per heavy atom. The molecule has 2 N–H and O–H groups in total. The lowest BCUT2D eigenvalue weighted by molar-refractivity contribution is -0.177. The average molecular weight is 438 g/mol. The quantitative estimate of drug-likeness (QED) is 0.420. The van der Waals surface area contributed by atoms with Crippen molar-refractivity contribution < 1.29 is 27.6 Å². The summed E-state index contributed by atoms with van der Waals surface area (Å²) in [6.45, 7) is -0.814. The monoisotopic (exact) mass is 438 g/mol. The van der Waals surface area contributed by atoms with Gasteiger partial charge < -0.3 is 9.63 Å². The third kappa shape index (κ3) is 5.34. The molecule has 1 aliphatic heterocycles. The Bertz CT molecular complexity index is 843. The first-order chi connectivity index (χ1) is 13.2. The van der Waals surface area contributed by atoms with Crippen molar-refractivity contribution in [3.63, 3.8) is 0 Å². The summed E-state index contributed by atoms with van der Waals surface area (Å²) in [5.74, 6) is -2.41. The molecule has 0 spiro atoms. The molecule has 1 saturated carbocycles. The normalized spacial score (nSPS) is 30.5. The van der Waals surface area contributed by atoms with Crippen LogP contribution in [0.2, 0.25) is 0 Å². The smallest absolute Gasteiger partial charge is 0.319 e. The number of thiol groups is 1. The van der Waals surface area contributed by atoms with Crippen LogP contribution in [-0.2, 0) is 18.3 Å². The van der Waals surface area contributed by atoms with E-state index in [1.807, 2.05) is 0 Å². The van der Waals surface area contributed by atoms with Gasteiger partial charge in [-0.2, -0.15) is 12.6 Å². The van der Waals surface area contributed by atoms with E-state index < -0.39 is 43.7 Å². The minimum atomic E-state index is -4.43. The first kappa shape index (κ1) is 21.7. The second-order valence-corrected chi connectivity index (χ2v) is 8.99. The molecular formula is C16H24FN2O7PS. The number of alkyl halides is 1. The van der Waals surface area contributed by atoms with Crippen LogP contribution in [0.15, 0.2) is 21.9 Å². The van der Waals surface area contributed by atoms with Gasteiger partial charge in [-0.25, -0.2) is 13.8 Å². The van der Waals surface area contributed by atoms with Gasteiger partial charge in [-0.3, -0.25) is 23.4 Å². The van der Waals surface area contributed by atoms with Gasteiger partial charge in [-0.05, 0) is 25.0 Å². The molecule has 1 aromatic rings. The first-order valence-electron chi connectivity index (χ1n) is 9.16. The van der Waals surface area contributed by atoms with Crippen molar-refractivity contribution in [2.24, 2.45) is 5.92 Å². The van der Waals surface area contributed by atoms with E-state index in [9.17, 15) is 19.0 Å². The number of H-pyrrole nitrogens is 1. The van der Waals surface area contributed by atoms with Gasteiger partial charge in [-0.1, -0.05) is 12.8 Å². The van der Waals surface area contributed by atoms with E-state index >= 15 is 4.39 Å². The van der Waals surface area contributed by atoms with Crippen molar-refractivity contribution in [3.05, 3.63) is 33.1 Å².